The average molecular weight is 341 g/mol. The molecule has 0 saturated carbocycles. The molecule has 1 aromatic carbocycles. The van der Waals surface area contributed by atoms with Crippen molar-refractivity contribution in [1.82, 2.24) is 14.5 Å². The number of nitrogens with zero attached hydrogens (tertiary/aromatic N) is 2. The van der Waals surface area contributed by atoms with Crippen molar-refractivity contribution in [2.45, 2.75) is 13.0 Å². The molecule has 1 aliphatic heterocycles. The third-order valence-electron chi connectivity index (χ3n) is 4.10. The first-order valence-electron chi connectivity index (χ1n) is 7.44. The smallest absolute Gasteiger partial charge is 0.272 e. The number of amides is 1. The normalized spacial score (nSPS) is 13.8. The largest absolute Gasteiger partial charge is 0.336 e. The van der Waals surface area contributed by atoms with Gasteiger partial charge in [0.05, 0.1) is 0 Å². The summed E-state index contributed by atoms with van der Waals surface area (Å²) in [4.78, 5) is 19.3. The Morgan fingerprint density at radius 2 is 2.04 bits per heavy atom. The Labute approximate surface area is 143 Å². The fourth-order valence-corrected chi connectivity index (χ4v) is 4.10. The maximum Gasteiger partial charge on any atom is 0.272 e. The molecule has 2 aromatic heterocycles. The van der Waals surface area contributed by atoms with E-state index in [1.165, 1.54) is 10.4 Å². The quantitative estimate of drug-likeness (QED) is 0.721. The highest BCUT2D eigenvalue weighted by atomic mass is 32.1. The number of nitrogens with one attached hydrogen (secondary N) is 1. The van der Waals surface area contributed by atoms with Gasteiger partial charge in [0, 0.05) is 29.9 Å². The van der Waals surface area contributed by atoms with E-state index in [2.05, 4.69) is 16.4 Å². The molecule has 3 heterocycles. The monoisotopic (exact) mass is 341 g/mol. The molecule has 116 valence electrons. The lowest BCUT2D eigenvalue weighted by Gasteiger charge is -2.27. The minimum Gasteiger partial charge on any atom is -0.336 e. The molecule has 0 fully saturated rings. The van der Waals surface area contributed by atoms with E-state index < -0.39 is 0 Å². The van der Waals surface area contributed by atoms with Gasteiger partial charge in [-0.1, -0.05) is 18.2 Å². The van der Waals surface area contributed by atoms with Crippen LogP contribution in [0.15, 0.2) is 48.0 Å². The maximum absolute atomic E-state index is 13.0. The number of aromatic amines is 1. The summed E-state index contributed by atoms with van der Waals surface area (Å²) in [5.41, 5.74) is 2.74. The Morgan fingerprint density at radius 1 is 1.22 bits per heavy atom. The van der Waals surface area contributed by atoms with Crippen LogP contribution in [-0.4, -0.2) is 26.9 Å². The Hall–Kier alpha value is -2.18. The maximum atomic E-state index is 13.0. The van der Waals surface area contributed by atoms with E-state index in [9.17, 15) is 4.79 Å². The second-order valence-corrected chi connectivity index (χ2v) is 6.88. The molecule has 0 atom stereocenters. The number of carbonyl (C=O) groups is 1. The van der Waals surface area contributed by atoms with Crippen molar-refractivity contribution in [2.75, 3.05) is 6.54 Å². The van der Waals surface area contributed by atoms with Crippen LogP contribution in [0, 0.1) is 4.77 Å². The van der Waals surface area contributed by atoms with Crippen LogP contribution in [0.4, 0.5) is 0 Å². The van der Waals surface area contributed by atoms with Crippen molar-refractivity contribution in [1.29, 1.82) is 0 Å². The fraction of sp³-hybridized carbons (Fsp3) is 0.176. The summed E-state index contributed by atoms with van der Waals surface area (Å²) < 4.78 is 2.34. The topological polar surface area (TPSA) is 41.0 Å². The van der Waals surface area contributed by atoms with E-state index in [-0.39, 0.29) is 5.91 Å². The van der Waals surface area contributed by atoms with Crippen LogP contribution in [0.2, 0.25) is 0 Å². The lowest BCUT2D eigenvalue weighted by atomic mass is 10.1. The van der Waals surface area contributed by atoms with E-state index in [0.717, 1.165) is 18.7 Å². The summed E-state index contributed by atoms with van der Waals surface area (Å²) >= 11 is 7.14. The molecule has 4 rings (SSSR count). The predicted octanol–water partition coefficient (Wildman–Crippen LogP) is 3.79. The lowest BCUT2D eigenvalue weighted by Crippen LogP contribution is -2.36. The third kappa shape index (κ3) is 2.54. The van der Waals surface area contributed by atoms with Crippen molar-refractivity contribution >= 4 is 29.5 Å². The van der Waals surface area contributed by atoms with E-state index in [0.29, 0.717) is 17.0 Å². The molecule has 0 saturated heterocycles. The number of H-pyrrole nitrogens is 1. The molecule has 4 nitrogen and oxygen atoms in total. The van der Waals surface area contributed by atoms with Gasteiger partial charge in [-0.25, -0.2) is 0 Å². The van der Waals surface area contributed by atoms with Gasteiger partial charge < -0.3 is 9.88 Å². The summed E-state index contributed by atoms with van der Waals surface area (Å²) in [6, 6.07) is 11.8. The van der Waals surface area contributed by atoms with Gasteiger partial charge in [-0.3, -0.25) is 9.36 Å². The first-order valence-corrected chi connectivity index (χ1v) is 8.73. The highest BCUT2D eigenvalue weighted by molar-refractivity contribution is 7.71. The first-order chi connectivity index (χ1) is 11.2. The zero-order valence-corrected chi connectivity index (χ0v) is 14.0. The predicted molar refractivity (Wildman–Crippen MR) is 93.7 cm³/mol. The summed E-state index contributed by atoms with van der Waals surface area (Å²) in [7, 11) is 0. The lowest BCUT2D eigenvalue weighted by molar-refractivity contribution is 0.0727. The molecule has 3 aromatic rings. The molecule has 1 amide bonds. The summed E-state index contributed by atoms with van der Waals surface area (Å²) in [5.74, 6) is 0.0121. The average Bonchev–Trinajstić information content (AvgIpc) is 3.20. The van der Waals surface area contributed by atoms with Crippen LogP contribution >= 0.6 is 23.6 Å². The number of aromatic nitrogens is 2. The SMILES string of the molecule is O=C(c1c[nH]c(=S)n1-c1ccccc1)N1CCc2sccc2C1. The minimum absolute atomic E-state index is 0.0121. The fourth-order valence-electron chi connectivity index (χ4n) is 2.94. The van der Waals surface area contributed by atoms with Gasteiger partial charge >= 0.3 is 0 Å². The van der Waals surface area contributed by atoms with Crippen LogP contribution in [0.25, 0.3) is 5.69 Å². The van der Waals surface area contributed by atoms with Crippen molar-refractivity contribution in [3.05, 3.63) is 68.9 Å². The summed E-state index contributed by atoms with van der Waals surface area (Å²) in [6.45, 7) is 1.42. The van der Waals surface area contributed by atoms with E-state index in [1.54, 1.807) is 22.1 Å². The Morgan fingerprint density at radius 3 is 2.87 bits per heavy atom. The molecule has 0 unspecified atom stereocenters. The summed E-state index contributed by atoms with van der Waals surface area (Å²) in [6.07, 6.45) is 2.63. The van der Waals surface area contributed by atoms with Crippen LogP contribution in [0.3, 0.4) is 0 Å². The second-order valence-electron chi connectivity index (χ2n) is 5.50. The molecule has 0 bridgehead atoms. The van der Waals surface area contributed by atoms with Gasteiger partial charge in [0.15, 0.2) is 4.77 Å². The van der Waals surface area contributed by atoms with Gasteiger partial charge in [-0.2, -0.15) is 0 Å². The first kappa shape index (κ1) is 14.4. The van der Waals surface area contributed by atoms with Crippen LogP contribution < -0.4 is 0 Å². The van der Waals surface area contributed by atoms with Crippen molar-refractivity contribution in [3.63, 3.8) is 0 Å². The van der Waals surface area contributed by atoms with Gasteiger partial charge in [-0.05, 0) is 47.8 Å². The summed E-state index contributed by atoms with van der Waals surface area (Å²) in [5, 5.41) is 2.10. The molecule has 1 aliphatic rings. The molecule has 0 aliphatic carbocycles. The van der Waals surface area contributed by atoms with Gasteiger partial charge in [-0.15, -0.1) is 11.3 Å². The zero-order chi connectivity index (χ0) is 15.8. The zero-order valence-electron chi connectivity index (χ0n) is 12.4. The third-order valence-corrected chi connectivity index (χ3v) is 5.43. The molecule has 6 heteroatoms. The van der Waals surface area contributed by atoms with Crippen molar-refractivity contribution < 1.29 is 4.79 Å². The molecule has 0 radical (unpaired) electrons. The van der Waals surface area contributed by atoms with Gasteiger partial charge in [0.25, 0.3) is 5.91 Å². The van der Waals surface area contributed by atoms with Gasteiger partial charge in [0.1, 0.15) is 5.69 Å². The number of thiophene rings is 1. The molecular weight excluding hydrogens is 326 g/mol. The molecule has 1 N–H and O–H groups in total. The Kier molecular flexibility index (Phi) is 3.63. The number of carbonyl (C=O) groups excluding carboxylic acids is 1. The Bertz CT molecular complexity index is 907. The van der Waals surface area contributed by atoms with Gasteiger partial charge in [0.2, 0.25) is 0 Å². The minimum atomic E-state index is 0.0121. The highest BCUT2D eigenvalue weighted by Crippen LogP contribution is 2.25. The van der Waals surface area contributed by atoms with E-state index in [1.807, 2.05) is 35.2 Å². The molecular formula is C17H15N3OS2. The number of para-hydroxylation sites is 1. The van der Waals surface area contributed by atoms with E-state index >= 15 is 0 Å². The van der Waals surface area contributed by atoms with Crippen molar-refractivity contribution in [2.24, 2.45) is 0 Å². The number of hydrogen-bond acceptors (Lipinski definition) is 3. The Balaban J connectivity index is 1.70. The van der Waals surface area contributed by atoms with Crippen LogP contribution in [0.5, 0.6) is 0 Å². The number of rotatable bonds is 2. The van der Waals surface area contributed by atoms with Crippen LogP contribution in [-0.2, 0) is 13.0 Å². The number of imidazole rings is 1. The van der Waals surface area contributed by atoms with Crippen LogP contribution in [0.1, 0.15) is 20.9 Å². The number of hydrogen-bond donors (Lipinski definition) is 1. The second kappa shape index (κ2) is 5.79. The number of benzene rings is 1. The standard InChI is InChI=1S/C17H15N3OS2/c21-16(19-8-6-15-12(11-19)7-9-23-15)14-10-18-17(22)20(14)13-4-2-1-3-5-13/h1-5,7,9-10H,6,8,11H2,(H,18,22). The molecule has 0 spiro atoms. The van der Waals surface area contributed by atoms with Crippen molar-refractivity contribution in [3.8, 4) is 5.69 Å². The highest BCUT2D eigenvalue weighted by Gasteiger charge is 2.25. The molecule has 23 heavy (non-hydrogen) atoms. The van der Waals surface area contributed by atoms with E-state index in [4.69, 9.17) is 12.2 Å². The number of fused-ring (bicyclic) bond motifs is 1.